The van der Waals surface area contributed by atoms with Gasteiger partial charge in [0.15, 0.2) is 0 Å². The van der Waals surface area contributed by atoms with E-state index in [9.17, 15) is 0 Å². The number of hydrogen-bond acceptors (Lipinski definition) is 0. The van der Waals surface area contributed by atoms with E-state index in [2.05, 4.69) is 24.5 Å². The summed E-state index contributed by atoms with van der Waals surface area (Å²) >= 11 is 0. The fourth-order valence-electron chi connectivity index (χ4n) is 3.59. The van der Waals surface area contributed by atoms with Gasteiger partial charge in [-0.2, -0.15) is 0 Å². The summed E-state index contributed by atoms with van der Waals surface area (Å²) < 4.78 is 0. The zero-order chi connectivity index (χ0) is 13.3. The molecule has 0 aromatic rings. The van der Waals surface area contributed by atoms with E-state index >= 15 is 0 Å². The smallest absolute Gasteiger partial charge is 0.0172 e. The van der Waals surface area contributed by atoms with E-state index in [0.717, 1.165) is 11.3 Å². The third-order valence-corrected chi connectivity index (χ3v) is 7.84. The van der Waals surface area contributed by atoms with Gasteiger partial charge in [0.1, 0.15) is 0 Å². The van der Waals surface area contributed by atoms with Crippen LogP contribution in [-0.2, 0) is 0 Å². The maximum Gasteiger partial charge on any atom is -0.0172 e. The molecule has 0 aromatic carbocycles. The highest BCUT2D eigenvalue weighted by atomic mass is 31.1. The zero-order valence-electron chi connectivity index (χ0n) is 12.3. The third-order valence-electron chi connectivity index (χ3n) is 4.61. The van der Waals surface area contributed by atoms with E-state index in [0.29, 0.717) is 0 Å². The molecule has 19 heavy (non-hydrogen) atoms. The van der Waals surface area contributed by atoms with Crippen molar-refractivity contribution in [1.82, 2.24) is 0 Å². The first-order chi connectivity index (χ1) is 9.42. The molecule has 0 heterocycles. The molecule has 106 valence electrons. The summed E-state index contributed by atoms with van der Waals surface area (Å²) in [6.45, 7) is 3.74. The highest BCUT2D eigenvalue weighted by Gasteiger charge is 2.28. The molecule has 2 aliphatic rings. The molecular formula is C18H29P. The van der Waals surface area contributed by atoms with Gasteiger partial charge in [-0.1, -0.05) is 83.1 Å². The van der Waals surface area contributed by atoms with E-state index < -0.39 is 0 Å². The summed E-state index contributed by atoms with van der Waals surface area (Å²) in [5.41, 5.74) is 2.06. The van der Waals surface area contributed by atoms with Crippen molar-refractivity contribution in [2.45, 2.75) is 75.5 Å². The van der Waals surface area contributed by atoms with Gasteiger partial charge >= 0.3 is 0 Å². The normalized spacial score (nSPS) is 23.6. The van der Waals surface area contributed by atoms with E-state index in [1.807, 2.05) is 12.2 Å². The monoisotopic (exact) mass is 276 g/mol. The van der Waals surface area contributed by atoms with Crippen LogP contribution in [0.2, 0.25) is 0 Å². The molecule has 0 radical (unpaired) electrons. The maximum absolute atomic E-state index is 3.74. The van der Waals surface area contributed by atoms with Crippen LogP contribution in [0, 0.1) is 0 Å². The van der Waals surface area contributed by atoms with E-state index in [1.54, 1.807) is 0 Å². The van der Waals surface area contributed by atoms with Crippen LogP contribution in [0.3, 0.4) is 0 Å². The van der Waals surface area contributed by atoms with Gasteiger partial charge in [-0.15, -0.1) is 0 Å². The van der Waals surface area contributed by atoms with Crippen LogP contribution in [0.1, 0.15) is 64.2 Å². The van der Waals surface area contributed by atoms with E-state index in [-0.39, 0.29) is 7.92 Å². The molecule has 2 aliphatic carbocycles. The van der Waals surface area contributed by atoms with Crippen molar-refractivity contribution in [3.05, 3.63) is 36.7 Å². The van der Waals surface area contributed by atoms with Crippen molar-refractivity contribution >= 4 is 7.92 Å². The molecule has 0 amide bonds. The maximum atomic E-state index is 3.74. The Morgan fingerprint density at radius 1 is 0.684 bits per heavy atom. The summed E-state index contributed by atoms with van der Waals surface area (Å²) in [6, 6.07) is 0. The molecule has 2 fully saturated rings. The van der Waals surface area contributed by atoms with Crippen LogP contribution >= 0.6 is 7.92 Å². The molecule has 0 bridgehead atoms. The number of rotatable bonds is 5. The Labute approximate surface area is 120 Å². The number of hydrogen-bond donors (Lipinski definition) is 0. The summed E-state index contributed by atoms with van der Waals surface area (Å²) in [5, 5.41) is 0. The minimum atomic E-state index is 0.120. The van der Waals surface area contributed by atoms with Crippen LogP contribution in [0.25, 0.3) is 0 Å². The minimum absolute atomic E-state index is 0.120. The summed E-state index contributed by atoms with van der Waals surface area (Å²) in [5.74, 6) is 2.58. The Hall–Kier alpha value is -0.350. The average molecular weight is 276 g/mol. The van der Waals surface area contributed by atoms with Crippen molar-refractivity contribution in [2.24, 2.45) is 0 Å². The van der Waals surface area contributed by atoms with Crippen molar-refractivity contribution in [2.75, 3.05) is 0 Å². The summed E-state index contributed by atoms with van der Waals surface area (Å²) in [7, 11) is 0.120. The van der Waals surface area contributed by atoms with E-state index in [4.69, 9.17) is 0 Å². The summed E-state index contributed by atoms with van der Waals surface area (Å²) in [6.07, 6.45) is 23.2. The highest BCUT2D eigenvalue weighted by molar-refractivity contribution is 7.62. The standard InChI is InChI=1S/C18H29P/c1-2-3-4-11-16-19(17-12-7-5-8-13-17)18-14-9-6-10-15-18/h2-4,11,16-18H,1,5-10,12-15H2/b4-3-,16-11+. The van der Waals surface area contributed by atoms with E-state index in [1.165, 1.54) is 64.2 Å². The second kappa shape index (κ2) is 8.75. The SMILES string of the molecule is C=C/C=C\C=C\P(C1CCCCC1)C1CCCCC1. The molecule has 1 heteroatoms. The van der Waals surface area contributed by atoms with Crippen molar-refractivity contribution < 1.29 is 0 Å². The lowest BCUT2D eigenvalue weighted by molar-refractivity contribution is 0.486. The van der Waals surface area contributed by atoms with Gasteiger partial charge in [0.25, 0.3) is 0 Å². The predicted molar refractivity (Wildman–Crippen MR) is 89.1 cm³/mol. The van der Waals surface area contributed by atoms with Crippen molar-refractivity contribution in [3.63, 3.8) is 0 Å². The van der Waals surface area contributed by atoms with Crippen LogP contribution in [0.15, 0.2) is 36.7 Å². The van der Waals surface area contributed by atoms with Gasteiger partial charge in [0.2, 0.25) is 0 Å². The van der Waals surface area contributed by atoms with Crippen LogP contribution in [0.5, 0.6) is 0 Å². The fraction of sp³-hybridized carbons (Fsp3) is 0.667. The van der Waals surface area contributed by atoms with Crippen LogP contribution in [0.4, 0.5) is 0 Å². The second-order valence-corrected chi connectivity index (χ2v) is 8.65. The van der Waals surface area contributed by atoms with Crippen molar-refractivity contribution in [1.29, 1.82) is 0 Å². The third kappa shape index (κ3) is 4.92. The largest absolute Gasteiger partial charge is 0.0991 e. The van der Waals surface area contributed by atoms with Crippen molar-refractivity contribution in [3.8, 4) is 0 Å². The topological polar surface area (TPSA) is 0 Å². The average Bonchev–Trinajstić information content (AvgIpc) is 2.49. The molecule has 2 saturated carbocycles. The first-order valence-corrected chi connectivity index (χ1v) is 9.70. The number of allylic oxidation sites excluding steroid dienone is 4. The lowest BCUT2D eigenvalue weighted by atomic mass is 9.99. The Balaban J connectivity index is 1.99. The Bertz CT molecular complexity index is 286. The Morgan fingerprint density at radius 3 is 1.68 bits per heavy atom. The summed E-state index contributed by atoms with van der Waals surface area (Å²) in [4.78, 5) is 0. The first kappa shape index (κ1) is 15.0. The molecule has 0 N–H and O–H groups in total. The van der Waals surface area contributed by atoms with Gasteiger partial charge in [0, 0.05) is 0 Å². The quantitative estimate of drug-likeness (QED) is 0.403. The van der Waals surface area contributed by atoms with Gasteiger partial charge in [-0.3, -0.25) is 0 Å². The van der Waals surface area contributed by atoms with Crippen LogP contribution in [-0.4, -0.2) is 11.3 Å². The molecule has 0 saturated heterocycles. The fourth-order valence-corrected chi connectivity index (χ4v) is 6.90. The first-order valence-electron chi connectivity index (χ1n) is 8.15. The Morgan fingerprint density at radius 2 is 1.21 bits per heavy atom. The molecule has 0 unspecified atom stereocenters. The van der Waals surface area contributed by atoms with Gasteiger partial charge in [-0.05, 0) is 37.0 Å². The van der Waals surface area contributed by atoms with Gasteiger partial charge in [-0.25, -0.2) is 0 Å². The second-order valence-electron chi connectivity index (χ2n) is 5.99. The molecular weight excluding hydrogens is 247 g/mol. The van der Waals surface area contributed by atoms with Crippen LogP contribution < -0.4 is 0 Å². The van der Waals surface area contributed by atoms with Gasteiger partial charge < -0.3 is 0 Å². The molecule has 0 aliphatic heterocycles. The molecule has 2 rings (SSSR count). The predicted octanol–water partition coefficient (Wildman–Crippen LogP) is 6.39. The molecule has 0 spiro atoms. The highest BCUT2D eigenvalue weighted by Crippen LogP contribution is 2.56. The molecule has 0 nitrogen and oxygen atoms in total. The lowest BCUT2D eigenvalue weighted by Gasteiger charge is -2.36. The van der Waals surface area contributed by atoms with Gasteiger partial charge in [0.05, 0.1) is 0 Å². The minimum Gasteiger partial charge on any atom is -0.0991 e. The Kier molecular flexibility index (Phi) is 6.93. The zero-order valence-corrected chi connectivity index (χ0v) is 13.2. The molecule has 0 aromatic heterocycles. The lowest BCUT2D eigenvalue weighted by Crippen LogP contribution is -2.19. The molecule has 0 atom stereocenters.